The highest BCUT2D eigenvalue weighted by molar-refractivity contribution is 7.92. The molecule has 42 heavy (non-hydrogen) atoms. The Labute approximate surface area is 255 Å². The molecule has 0 fully saturated rings. The molecule has 218 valence electrons. The number of para-hydroxylation sites is 1. The van der Waals surface area contributed by atoms with Crippen molar-refractivity contribution in [3.05, 3.63) is 111 Å². The topological polar surface area (TPSA) is 92.8 Å². The number of sulfonamides is 1. The van der Waals surface area contributed by atoms with Crippen molar-refractivity contribution in [1.82, 2.24) is 0 Å². The first-order valence-electron chi connectivity index (χ1n) is 13.7. The number of carbonyl (C=O) groups excluding carboxylic acids is 2. The Morgan fingerprint density at radius 3 is 2.38 bits per heavy atom. The Bertz CT molecular complexity index is 1710. The molecule has 0 aliphatic heterocycles. The lowest BCUT2D eigenvalue weighted by molar-refractivity contribution is 0.0526. The predicted molar refractivity (Wildman–Crippen MR) is 167 cm³/mol. The van der Waals surface area contributed by atoms with Crippen LogP contribution in [0.3, 0.4) is 0 Å². The molecule has 1 aliphatic carbocycles. The van der Waals surface area contributed by atoms with Gasteiger partial charge in [0.15, 0.2) is 0 Å². The summed E-state index contributed by atoms with van der Waals surface area (Å²) in [6.45, 7) is 3.82. The Balaban J connectivity index is 1.57. The van der Waals surface area contributed by atoms with Crippen LogP contribution in [0.4, 0.5) is 10.7 Å². The SMILES string of the molecule is CCOC(=O)c1c(NC(=O)c2ccccc2N(Cc2ccc(Cl)cc2)S(=O)(=O)c2ccc(C)cc2)sc2c1CCCC2. The molecular formula is C32H31ClN2O5S2. The van der Waals surface area contributed by atoms with Crippen molar-refractivity contribution >= 4 is 55.5 Å². The minimum Gasteiger partial charge on any atom is -0.462 e. The third kappa shape index (κ3) is 6.23. The van der Waals surface area contributed by atoms with Crippen molar-refractivity contribution < 1.29 is 22.7 Å². The molecule has 5 rings (SSSR count). The molecule has 1 N–H and O–H groups in total. The first kappa shape index (κ1) is 29.8. The van der Waals surface area contributed by atoms with E-state index in [1.165, 1.54) is 15.6 Å². The molecule has 0 saturated heterocycles. The summed E-state index contributed by atoms with van der Waals surface area (Å²) >= 11 is 7.47. The Hall–Kier alpha value is -3.66. The molecule has 0 spiro atoms. The number of carbonyl (C=O) groups is 2. The number of esters is 1. The third-order valence-corrected chi connectivity index (χ3v) is 10.4. The van der Waals surface area contributed by atoms with Crippen LogP contribution in [-0.4, -0.2) is 26.9 Å². The first-order valence-corrected chi connectivity index (χ1v) is 16.4. The van der Waals surface area contributed by atoms with Crippen LogP contribution in [0.25, 0.3) is 0 Å². The summed E-state index contributed by atoms with van der Waals surface area (Å²) < 4.78 is 34.8. The molecule has 0 atom stereocenters. The highest BCUT2D eigenvalue weighted by atomic mass is 35.5. The number of halogens is 1. The quantitative estimate of drug-likeness (QED) is 0.196. The van der Waals surface area contributed by atoms with Gasteiger partial charge in [-0.05, 0) is 87.1 Å². The fourth-order valence-corrected chi connectivity index (χ4v) is 7.89. The van der Waals surface area contributed by atoms with E-state index in [1.807, 2.05) is 6.92 Å². The lowest BCUT2D eigenvalue weighted by atomic mass is 9.95. The Morgan fingerprint density at radius 1 is 0.976 bits per heavy atom. The van der Waals surface area contributed by atoms with Crippen LogP contribution in [-0.2, 0) is 34.1 Å². The summed E-state index contributed by atoms with van der Waals surface area (Å²) in [4.78, 5) is 28.0. The van der Waals surface area contributed by atoms with Crippen molar-refractivity contribution in [2.75, 3.05) is 16.2 Å². The maximum atomic E-state index is 14.1. The van der Waals surface area contributed by atoms with Crippen LogP contribution < -0.4 is 9.62 Å². The Kier molecular flexibility index (Phi) is 9.01. The fraction of sp³-hybridized carbons (Fsp3) is 0.250. The van der Waals surface area contributed by atoms with Gasteiger partial charge in [-0.15, -0.1) is 11.3 Å². The number of rotatable bonds is 9. The number of nitrogens with zero attached hydrogens (tertiary/aromatic N) is 1. The van der Waals surface area contributed by atoms with Gasteiger partial charge in [-0.25, -0.2) is 13.2 Å². The van der Waals surface area contributed by atoms with Gasteiger partial charge in [0.25, 0.3) is 15.9 Å². The molecule has 10 heteroatoms. The van der Waals surface area contributed by atoms with Crippen molar-refractivity contribution in [2.45, 2.75) is 51.0 Å². The number of nitrogens with one attached hydrogen (secondary N) is 1. The smallest absolute Gasteiger partial charge is 0.341 e. The number of ether oxygens (including phenoxy) is 1. The molecule has 0 saturated carbocycles. The van der Waals surface area contributed by atoms with E-state index in [4.69, 9.17) is 16.3 Å². The maximum absolute atomic E-state index is 14.1. The molecule has 1 amide bonds. The van der Waals surface area contributed by atoms with E-state index in [2.05, 4.69) is 5.32 Å². The minimum atomic E-state index is -4.09. The highest BCUT2D eigenvalue weighted by Crippen LogP contribution is 2.39. The van der Waals surface area contributed by atoms with Gasteiger partial charge >= 0.3 is 5.97 Å². The fourth-order valence-electron chi connectivity index (χ4n) is 5.02. The highest BCUT2D eigenvalue weighted by Gasteiger charge is 2.31. The van der Waals surface area contributed by atoms with Crippen LogP contribution in [0.1, 0.15) is 62.0 Å². The van der Waals surface area contributed by atoms with Gasteiger partial charge in [-0.1, -0.05) is 53.6 Å². The zero-order valence-corrected chi connectivity index (χ0v) is 25.7. The second kappa shape index (κ2) is 12.7. The molecule has 0 unspecified atom stereocenters. The lowest BCUT2D eigenvalue weighted by Crippen LogP contribution is -2.32. The summed E-state index contributed by atoms with van der Waals surface area (Å²) in [7, 11) is -4.09. The molecule has 3 aromatic carbocycles. The Morgan fingerprint density at radius 2 is 1.67 bits per heavy atom. The number of hydrogen-bond donors (Lipinski definition) is 1. The van der Waals surface area contributed by atoms with Crippen molar-refractivity contribution in [2.24, 2.45) is 0 Å². The lowest BCUT2D eigenvalue weighted by Gasteiger charge is -2.27. The number of amides is 1. The molecule has 4 aromatic rings. The molecule has 1 aliphatic rings. The summed E-state index contributed by atoms with van der Waals surface area (Å²) in [5.41, 5.74) is 3.31. The molecular weight excluding hydrogens is 592 g/mol. The largest absolute Gasteiger partial charge is 0.462 e. The average Bonchev–Trinajstić information content (AvgIpc) is 3.35. The summed E-state index contributed by atoms with van der Waals surface area (Å²) in [5.74, 6) is -0.984. The standard InChI is InChI=1S/C32H31ClN2O5S2/c1-3-40-32(37)29-26-9-5-7-11-28(26)41-31(29)34-30(36)25-8-4-6-10-27(25)35(20-22-14-16-23(33)17-15-22)42(38,39)24-18-12-21(2)13-19-24/h4,6,8,10,12-19H,3,5,7,9,11,20H2,1-2H3,(H,34,36). The number of fused-ring (bicyclic) bond motifs is 1. The molecule has 7 nitrogen and oxygen atoms in total. The number of hydrogen-bond acceptors (Lipinski definition) is 6. The van der Waals surface area contributed by atoms with Crippen LogP contribution in [0.2, 0.25) is 5.02 Å². The van der Waals surface area contributed by atoms with E-state index in [0.717, 1.165) is 41.7 Å². The summed E-state index contributed by atoms with van der Waals surface area (Å²) in [5, 5.41) is 3.88. The molecule has 0 bridgehead atoms. The first-order chi connectivity index (χ1) is 20.2. The van der Waals surface area contributed by atoms with Gasteiger partial charge in [0, 0.05) is 9.90 Å². The third-order valence-electron chi connectivity index (χ3n) is 7.14. The van der Waals surface area contributed by atoms with Gasteiger partial charge in [0.05, 0.1) is 34.9 Å². The van der Waals surface area contributed by atoms with Crippen LogP contribution in [0, 0.1) is 6.92 Å². The van der Waals surface area contributed by atoms with E-state index in [9.17, 15) is 18.0 Å². The monoisotopic (exact) mass is 622 g/mol. The predicted octanol–water partition coefficient (Wildman–Crippen LogP) is 7.41. The second-order valence-corrected chi connectivity index (χ2v) is 13.5. The van der Waals surface area contributed by atoms with E-state index >= 15 is 0 Å². The summed E-state index contributed by atoms with van der Waals surface area (Å²) in [6, 6.07) is 20.1. The van der Waals surface area contributed by atoms with Crippen LogP contribution in [0.5, 0.6) is 0 Å². The zero-order valence-electron chi connectivity index (χ0n) is 23.4. The van der Waals surface area contributed by atoms with E-state index in [1.54, 1.807) is 79.7 Å². The van der Waals surface area contributed by atoms with Crippen LogP contribution >= 0.6 is 22.9 Å². The number of benzene rings is 3. The van der Waals surface area contributed by atoms with Gasteiger partial charge in [-0.3, -0.25) is 9.10 Å². The molecule has 1 heterocycles. The average molecular weight is 623 g/mol. The maximum Gasteiger partial charge on any atom is 0.341 e. The van der Waals surface area contributed by atoms with Crippen molar-refractivity contribution in [3.63, 3.8) is 0 Å². The number of thiophene rings is 1. The number of aryl methyl sites for hydroxylation is 2. The van der Waals surface area contributed by atoms with E-state index in [0.29, 0.717) is 21.2 Å². The summed E-state index contributed by atoms with van der Waals surface area (Å²) in [6.07, 6.45) is 3.56. The minimum absolute atomic E-state index is 0.0287. The van der Waals surface area contributed by atoms with Crippen molar-refractivity contribution in [3.8, 4) is 0 Å². The molecule has 1 aromatic heterocycles. The van der Waals surface area contributed by atoms with Gasteiger partial charge in [-0.2, -0.15) is 0 Å². The van der Waals surface area contributed by atoms with E-state index in [-0.39, 0.29) is 29.3 Å². The van der Waals surface area contributed by atoms with Gasteiger partial charge < -0.3 is 10.1 Å². The van der Waals surface area contributed by atoms with Crippen LogP contribution in [0.15, 0.2) is 77.7 Å². The van der Waals surface area contributed by atoms with Gasteiger partial charge in [0.1, 0.15) is 5.00 Å². The zero-order chi connectivity index (χ0) is 29.9. The molecule has 0 radical (unpaired) electrons. The second-order valence-electron chi connectivity index (χ2n) is 10.1. The van der Waals surface area contributed by atoms with Gasteiger partial charge in [0.2, 0.25) is 0 Å². The van der Waals surface area contributed by atoms with Crippen molar-refractivity contribution in [1.29, 1.82) is 0 Å². The van der Waals surface area contributed by atoms with E-state index < -0.39 is 21.9 Å². The number of anilines is 2. The normalized spacial score (nSPS) is 12.8.